The molecule has 0 unspecified atom stereocenters. The van der Waals surface area contributed by atoms with Gasteiger partial charge in [-0.15, -0.1) is 0 Å². The van der Waals surface area contributed by atoms with Crippen LogP contribution in [0.5, 0.6) is 0 Å². The van der Waals surface area contributed by atoms with Crippen molar-refractivity contribution in [3.05, 3.63) is 89.5 Å². The molecule has 0 N–H and O–H groups in total. The average Bonchev–Trinajstić information content (AvgIpc) is 2.69. The van der Waals surface area contributed by atoms with Gasteiger partial charge in [0.25, 0.3) is 0 Å². The standard InChI is InChI=1S/C25H23N3/c1-16-9-5-6-12-20(16)24-23(22-17(2)10-7-11-18(22)3)25(28-15-27-24)21-13-8-14-26-19(21)4/h5-15H,1-4H3. The van der Waals surface area contributed by atoms with Crippen LogP contribution in [0.25, 0.3) is 33.6 Å². The van der Waals surface area contributed by atoms with Crippen molar-refractivity contribution in [2.24, 2.45) is 0 Å². The van der Waals surface area contributed by atoms with Crippen LogP contribution in [0.3, 0.4) is 0 Å². The summed E-state index contributed by atoms with van der Waals surface area (Å²) in [6.07, 6.45) is 3.49. The second-order valence-electron chi connectivity index (χ2n) is 7.16. The molecule has 3 nitrogen and oxygen atoms in total. The highest BCUT2D eigenvalue weighted by atomic mass is 14.9. The van der Waals surface area contributed by atoms with Crippen molar-refractivity contribution < 1.29 is 0 Å². The van der Waals surface area contributed by atoms with E-state index in [0.717, 1.165) is 33.8 Å². The molecule has 4 aromatic rings. The third kappa shape index (κ3) is 3.09. The van der Waals surface area contributed by atoms with Crippen molar-refractivity contribution >= 4 is 0 Å². The molecule has 0 saturated carbocycles. The van der Waals surface area contributed by atoms with E-state index in [1.807, 2.05) is 19.2 Å². The Labute approximate surface area is 166 Å². The molecule has 2 heterocycles. The Balaban J connectivity index is 2.14. The fourth-order valence-electron chi connectivity index (χ4n) is 3.81. The van der Waals surface area contributed by atoms with Crippen molar-refractivity contribution in [1.82, 2.24) is 15.0 Å². The van der Waals surface area contributed by atoms with Gasteiger partial charge in [0.1, 0.15) is 6.33 Å². The van der Waals surface area contributed by atoms with Crippen molar-refractivity contribution in [2.45, 2.75) is 27.7 Å². The first-order valence-electron chi connectivity index (χ1n) is 9.47. The lowest BCUT2D eigenvalue weighted by Gasteiger charge is -2.19. The first-order valence-corrected chi connectivity index (χ1v) is 9.47. The van der Waals surface area contributed by atoms with Crippen molar-refractivity contribution in [3.8, 4) is 33.6 Å². The molecule has 0 saturated heterocycles. The topological polar surface area (TPSA) is 38.7 Å². The summed E-state index contributed by atoms with van der Waals surface area (Å²) in [6, 6.07) is 18.8. The number of rotatable bonds is 3. The molecule has 3 heteroatoms. The zero-order chi connectivity index (χ0) is 19.7. The summed E-state index contributed by atoms with van der Waals surface area (Å²) < 4.78 is 0. The van der Waals surface area contributed by atoms with Gasteiger partial charge in [-0.2, -0.15) is 0 Å². The minimum absolute atomic E-state index is 0.927. The highest BCUT2D eigenvalue weighted by molar-refractivity contribution is 5.93. The Bertz CT molecular complexity index is 1080. The summed E-state index contributed by atoms with van der Waals surface area (Å²) in [7, 11) is 0. The molecule has 0 aliphatic rings. The van der Waals surface area contributed by atoms with E-state index < -0.39 is 0 Å². The Morgan fingerprint density at radius 2 is 1.14 bits per heavy atom. The molecule has 0 aliphatic carbocycles. The first kappa shape index (κ1) is 18.1. The maximum atomic E-state index is 4.75. The largest absolute Gasteiger partial charge is 0.261 e. The molecule has 4 rings (SSSR count). The molecule has 2 aromatic heterocycles. The summed E-state index contributed by atoms with van der Waals surface area (Å²) in [5.74, 6) is 0. The van der Waals surface area contributed by atoms with E-state index in [4.69, 9.17) is 9.97 Å². The number of pyridine rings is 1. The predicted molar refractivity (Wildman–Crippen MR) is 115 cm³/mol. The number of benzene rings is 2. The molecular weight excluding hydrogens is 342 g/mol. The van der Waals surface area contributed by atoms with E-state index in [2.05, 4.69) is 74.3 Å². The Kier molecular flexibility index (Phi) is 4.74. The Hall–Kier alpha value is -3.33. The van der Waals surface area contributed by atoms with Crippen LogP contribution in [-0.4, -0.2) is 15.0 Å². The molecular formula is C25H23N3. The summed E-state index contributed by atoms with van der Waals surface area (Å²) in [4.78, 5) is 14.0. The normalized spacial score (nSPS) is 10.9. The monoisotopic (exact) mass is 365 g/mol. The molecule has 0 atom stereocenters. The van der Waals surface area contributed by atoms with Crippen molar-refractivity contribution in [3.63, 3.8) is 0 Å². The van der Waals surface area contributed by atoms with Crippen LogP contribution in [0.4, 0.5) is 0 Å². The van der Waals surface area contributed by atoms with E-state index in [1.165, 1.54) is 22.3 Å². The third-order valence-corrected chi connectivity index (χ3v) is 5.24. The highest BCUT2D eigenvalue weighted by Gasteiger charge is 2.21. The van der Waals surface area contributed by atoms with E-state index in [-0.39, 0.29) is 0 Å². The van der Waals surface area contributed by atoms with Crippen LogP contribution in [0.15, 0.2) is 67.1 Å². The van der Waals surface area contributed by atoms with E-state index in [0.29, 0.717) is 0 Å². The summed E-state index contributed by atoms with van der Waals surface area (Å²) in [5, 5.41) is 0. The third-order valence-electron chi connectivity index (χ3n) is 5.24. The van der Waals surface area contributed by atoms with Gasteiger partial charge in [0.15, 0.2) is 0 Å². The molecule has 0 amide bonds. The number of aryl methyl sites for hydroxylation is 4. The van der Waals surface area contributed by atoms with Gasteiger partial charge in [0.05, 0.1) is 11.4 Å². The fourth-order valence-corrected chi connectivity index (χ4v) is 3.81. The highest BCUT2D eigenvalue weighted by Crippen LogP contribution is 2.41. The van der Waals surface area contributed by atoms with Crippen LogP contribution < -0.4 is 0 Å². The van der Waals surface area contributed by atoms with Crippen LogP contribution in [0.1, 0.15) is 22.4 Å². The Morgan fingerprint density at radius 1 is 0.536 bits per heavy atom. The van der Waals surface area contributed by atoms with Crippen molar-refractivity contribution in [2.75, 3.05) is 0 Å². The van der Waals surface area contributed by atoms with Gasteiger partial charge in [-0.05, 0) is 62.1 Å². The quantitative estimate of drug-likeness (QED) is 0.440. The second kappa shape index (κ2) is 7.35. The molecule has 138 valence electrons. The maximum absolute atomic E-state index is 4.75. The average molecular weight is 365 g/mol. The molecule has 0 radical (unpaired) electrons. The predicted octanol–water partition coefficient (Wildman–Crippen LogP) is 6.11. The minimum Gasteiger partial charge on any atom is -0.261 e. The maximum Gasteiger partial charge on any atom is 0.116 e. The molecule has 0 bridgehead atoms. The lowest BCUT2D eigenvalue weighted by molar-refractivity contribution is 1.14. The minimum atomic E-state index is 0.927. The van der Waals surface area contributed by atoms with Gasteiger partial charge in [0.2, 0.25) is 0 Å². The van der Waals surface area contributed by atoms with Gasteiger partial charge in [-0.1, -0.05) is 42.5 Å². The van der Waals surface area contributed by atoms with Gasteiger partial charge >= 0.3 is 0 Å². The lowest BCUT2D eigenvalue weighted by atomic mass is 9.88. The molecule has 0 aliphatic heterocycles. The van der Waals surface area contributed by atoms with Crippen molar-refractivity contribution in [1.29, 1.82) is 0 Å². The number of hydrogen-bond donors (Lipinski definition) is 0. The lowest BCUT2D eigenvalue weighted by Crippen LogP contribution is -2.01. The molecule has 0 fully saturated rings. The summed E-state index contributed by atoms with van der Waals surface area (Å²) in [6.45, 7) is 8.45. The molecule has 0 spiro atoms. The number of hydrogen-bond acceptors (Lipinski definition) is 3. The van der Waals surface area contributed by atoms with Crippen LogP contribution in [0, 0.1) is 27.7 Å². The Morgan fingerprint density at radius 3 is 1.82 bits per heavy atom. The summed E-state index contributed by atoms with van der Waals surface area (Å²) >= 11 is 0. The smallest absolute Gasteiger partial charge is 0.116 e. The van der Waals surface area contributed by atoms with Gasteiger partial charge in [-0.25, -0.2) is 9.97 Å². The van der Waals surface area contributed by atoms with E-state index >= 15 is 0 Å². The second-order valence-corrected chi connectivity index (χ2v) is 7.16. The van der Waals surface area contributed by atoms with E-state index in [9.17, 15) is 0 Å². The van der Waals surface area contributed by atoms with Gasteiger partial charge in [-0.3, -0.25) is 4.98 Å². The van der Waals surface area contributed by atoms with E-state index in [1.54, 1.807) is 6.33 Å². The van der Waals surface area contributed by atoms with Crippen LogP contribution >= 0.6 is 0 Å². The number of nitrogens with zero attached hydrogens (tertiary/aromatic N) is 3. The zero-order valence-corrected chi connectivity index (χ0v) is 16.7. The van der Waals surface area contributed by atoms with Gasteiger partial charge < -0.3 is 0 Å². The fraction of sp³-hybridized carbons (Fsp3) is 0.160. The zero-order valence-electron chi connectivity index (χ0n) is 16.7. The van der Waals surface area contributed by atoms with Crippen LogP contribution in [0.2, 0.25) is 0 Å². The SMILES string of the molecule is Cc1ccccc1-c1ncnc(-c2cccnc2C)c1-c1c(C)cccc1C. The number of aromatic nitrogens is 3. The molecule has 28 heavy (non-hydrogen) atoms. The summed E-state index contributed by atoms with van der Waals surface area (Å²) in [5.41, 5.74) is 10.9. The molecule has 2 aromatic carbocycles. The van der Waals surface area contributed by atoms with Crippen LogP contribution in [-0.2, 0) is 0 Å². The van der Waals surface area contributed by atoms with Gasteiger partial charge in [0, 0.05) is 28.6 Å². The first-order chi connectivity index (χ1) is 13.6.